The van der Waals surface area contributed by atoms with Gasteiger partial charge in [0, 0.05) is 38.5 Å². The summed E-state index contributed by atoms with van der Waals surface area (Å²) >= 11 is 8.48. The first kappa shape index (κ1) is 20.9. The number of hydrogen-bond donors (Lipinski definition) is 1. The molecule has 0 atom stereocenters. The molecule has 1 aliphatic rings. The molecule has 3 rings (SSSR count). The predicted molar refractivity (Wildman–Crippen MR) is 110 cm³/mol. The molecular formula is C17H22ClN5O3S2. The largest absolute Gasteiger partial charge is 0.467 e. The highest BCUT2D eigenvalue weighted by Crippen LogP contribution is 2.28. The van der Waals surface area contributed by atoms with Crippen LogP contribution in [0.5, 0.6) is 0 Å². The molecule has 0 bridgehead atoms. The van der Waals surface area contributed by atoms with Gasteiger partial charge in [0.05, 0.1) is 18.6 Å². The van der Waals surface area contributed by atoms with Crippen LogP contribution in [0.4, 0.5) is 5.13 Å². The molecule has 1 N–H and O–H groups in total. The van der Waals surface area contributed by atoms with Gasteiger partial charge in [0.15, 0.2) is 4.34 Å². The van der Waals surface area contributed by atoms with Gasteiger partial charge in [-0.05, 0) is 18.6 Å². The minimum atomic E-state index is -0.0813. The Bertz CT molecular complexity index is 763. The molecular weight excluding hydrogens is 422 g/mol. The van der Waals surface area contributed by atoms with E-state index in [0.717, 1.165) is 28.3 Å². The molecule has 152 valence electrons. The summed E-state index contributed by atoms with van der Waals surface area (Å²) in [5.74, 6) is 1.59. The lowest BCUT2D eigenvalue weighted by atomic mass is 10.2. The van der Waals surface area contributed by atoms with Crippen LogP contribution in [0.3, 0.4) is 0 Å². The lowest BCUT2D eigenvalue weighted by Crippen LogP contribution is -2.48. The summed E-state index contributed by atoms with van der Waals surface area (Å²) in [6.45, 7) is 3.20. The van der Waals surface area contributed by atoms with Gasteiger partial charge in [-0.25, -0.2) is 0 Å². The summed E-state index contributed by atoms with van der Waals surface area (Å²) in [5.41, 5.74) is 0. The maximum atomic E-state index is 12.1. The molecule has 0 unspecified atom stereocenters. The van der Waals surface area contributed by atoms with E-state index in [1.807, 2.05) is 11.0 Å². The molecule has 11 heteroatoms. The van der Waals surface area contributed by atoms with E-state index in [4.69, 9.17) is 16.0 Å². The third-order valence-electron chi connectivity index (χ3n) is 4.19. The second-order valence-electron chi connectivity index (χ2n) is 6.16. The molecule has 28 heavy (non-hydrogen) atoms. The number of thioether (sulfide) groups is 1. The van der Waals surface area contributed by atoms with Gasteiger partial charge in [-0.1, -0.05) is 23.1 Å². The summed E-state index contributed by atoms with van der Waals surface area (Å²) in [7, 11) is 0. The first-order valence-corrected chi connectivity index (χ1v) is 11.3. The number of aromatic nitrogens is 2. The molecule has 1 aliphatic heterocycles. The van der Waals surface area contributed by atoms with Gasteiger partial charge in [-0.15, -0.1) is 21.8 Å². The van der Waals surface area contributed by atoms with Gasteiger partial charge in [-0.3, -0.25) is 9.59 Å². The second-order valence-corrected chi connectivity index (χ2v) is 8.71. The minimum Gasteiger partial charge on any atom is -0.467 e. The Morgan fingerprint density at radius 3 is 2.82 bits per heavy atom. The number of hydrogen-bond acceptors (Lipinski definition) is 8. The van der Waals surface area contributed by atoms with E-state index in [1.165, 1.54) is 23.1 Å². The van der Waals surface area contributed by atoms with Crippen LogP contribution >= 0.6 is 34.7 Å². The molecule has 0 saturated carbocycles. The van der Waals surface area contributed by atoms with Gasteiger partial charge >= 0.3 is 0 Å². The van der Waals surface area contributed by atoms with Gasteiger partial charge < -0.3 is 19.5 Å². The maximum Gasteiger partial charge on any atom is 0.230 e. The summed E-state index contributed by atoms with van der Waals surface area (Å²) in [6.07, 6.45) is 2.80. The van der Waals surface area contributed by atoms with E-state index in [1.54, 1.807) is 12.3 Å². The number of anilines is 1. The van der Waals surface area contributed by atoms with Crippen molar-refractivity contribution in [2.45, 2.75) is 23.7 Å². The third-order valence-corrected chi connectivity index (χ3v) is 6.57. The Morgan fingerprint density at radius 1 is 1.29 bits per heavy atom. The Morgan fingerprint density at radius 2 is 2.11 bits per heavy atom. The average molecular weight is 444 g/mol. The van der Waals surface area contributed by atoms with Crippen LogP contribution in [0, 0.1) is 0 Å². The summed E-state index contributed by atoms with van der Waals surface area (Å²) in [4.78, 5) is 28.0. The van der Waals surface area contributed by atoms with Crippen LogP contribution in [-0.4, -0.2) is 64.7 Å². The lowest BCUT2D eigenvalue weighted by molar-refractivity contribution is -0.131. The van der Waals surface area contributed by atoms with Gasteiger partial charge in [-0.2, -0.15) is 0 Å². The normalized spacial score (nSPS) is 14.3. The van der Waals surface area contributed by atoms with E-state index < -0.39 is 0 Å². The number of carbonyl (C=O) groups is 2. The zero-order chi connectivity index (χ0) is 19.8. The molecule has 2 aromatic rings. The van der Waals surface area contributed by atoms with E-state index >= 15 is 0 Å². The number of rotatable bonds is 9. The molecule has 3 heterocycles. The molecule has 1 fully saturated rings. The van der Waals surface area contributed by atoms with Crippen molar-refractivity contribution in [2.24, 2.45) is 0 Å². The van der Waals surface area contributed by atoms with E-state index in [2.05, 4.69) is 20.4 Å². The van der Waals surface area contributed by atoms with E-state index in [9.17, 15) is 9.59 Å². The molecule has 0 spiro atoms. The number of carbonyl (C=O) groups excluding carboxylic acids is 2. The number of furan rings is 1. The minimum absolute atomic E-state index is 0.0813. The number of halogens is 1. The fraction of sp³-hybridized carbons (Fsp3) is 0.529. The first-order valence-electron chi connectivity index (χ1n) is 9.00. The molecule has 0 aromatic carbocycles. The molecule has 1 saturated heterocycles. The standard InChI is InChI=1S/C17H22ClN5O3S2/c18-5-1-4-15(25)22-6-8-23(9-7-22)16-20-21-17(28-16)27-12-14(24)19-11-13-3-2-10-26-13/h2-3,10H,1,4-9,11-12H2,(H,19,24). The number of nitrogens with one attached hydrogen (secondary N) is 1. The quantitative estimate of drug-likeness (QED) is 0.469. The number of alkyl halides is 1. The van der Waals surface area contributed by atoms with Gasteiger partial charge in [0.25, 0.3) is 0 Å². The van der Waals surface area contributed by atoms with Crippen molar-refractivity contribution in [3.63, 3.8) is 0 Å². The van der Waals surface area contributed by atoms with Crippen LogP contribution in [0.15, 0.2) is 27.2 Å². The van der Waals surface area contributed by atoms with Crippen molar-refractivity contribution >= 4 is 51.6 Å². The van der Waals surface area contributed by atoms with Crippen molar-refractivity contribution in [1.82, 2.24) is 20.4 Å². The van der Waals surface area contributed by atoms with Crippen LogP contribution in [0.25, 0.3) is 0 Å². The SMILES string of the molecule is O=C(CSc1nnc(N2CCN(C(=O)CCCCl)CC2)s1)NCc1ccco1. The predicted octanol–water partition coefficient (Wildman–Crippen LogP) is 2.21. The zero-order valence-corrected chi connectivity index (χ0v) is 17.7. The van der Waals surface area contributed by atoms with Crippen LogP contribution < -0.4 is 10.2 Å². The topological polar surface area (TPSA) is 91.6 Å². The molecule has 0 radical (unpaired) electrons. The highest BCUT2D eigenvalue weighted by atomic mass is 35.5. The molecule has 8 nitrogen and oxygen atoms in total. The summed E-state index contributed by atoms with van der Waals surface area (Å²) < 4.78 is 5.93. The fourth-order valence-electron chi connectivity index (χ4n) is 2.69. The van der Waals surface area contributed by atoms with Crippen molar-refractivity contribution < 1.29 is 14.0 Å². The van der Waals surface area contributed by atoms with E-state index in [0.29, 0.717) is 38.4 Å². The average Bonchev–Trinajstić information content (AvgIpc) is 3.41. The van der Waals surface area contributed by atoms with Gasteiger partial charge in [0.2, 0.25) is 16.9 Å². The highest BCUT2D eigenvalue weighted by molar-refractivity contribution is 8.01. The summed E-state index contributed by atoms with van der Waals surface area (Å²) in [6, 6.07) is 3.60. The van der Waals surface area contributed by atoms with Crippen molar-refractivity contribution in [2.75, 3.05) is 42.7 Å². The lowest BCUT2D eigenvalue weighted by Gasteiger charge is -2.34. The maximum absolute atomic E-state index is 12.1. The number of piperazine rings is 1. The van der Waals surface area contributed by atoms with Crippen LogP contribution in [0.2, 0.25) is 0 Å². The Hall–Kier alpha value is -1.78. The fourth-order valence-corrected chi connectivity index (χ4v) is 4.55. The Kier molecular flexibility index (Phi) is 7.99. The summed E-state index contributed by atoms with van der Waals surface area (Å²) in [5, 5.41) is 12.0. The molecule has 0 aliphatic carbocycles. The monoisotopic (exact) mass is 443 g/mol. The van der Waals surface area contributed by atoms with Crippen LogP contribution in [-0.2, 0) is 16.1 Å². The molecule has 2 aromatic heterocycles. The zero-order valence-electron chi connectivity index (χ0n) is 15.3. The van der Waals surface area contributed by atoms with E-state index in [-0.39, 0.29) is 17.6 Å². The number of nitrogens with zero attached hydrogens (tertiary/aromatic N) is 4. The second kappa shape index (κ2) is 10.7. The Balaban J connectivity index is 1.39. The molecule has 2 amide bonds. The smallest absolute Gasteiger partial charge is 0.230 e. The van der Waals surface area contributed by atoms with Crippen molar-refractivity contribution in [1.29, 1.82) is 0 Å². The van der Waals surface area contributed by atoms with Gasteiger partial charge in [0.1, 0.15) is 5.76 Å². The number of amides is 2. The van der Waals surface area contributed by atoms with Crippen molar-refractivity contribution in [3.8, 4) is 0 Å². The Labute approximate surface area is 176 Å². The first-order chi connectivity index (χ1) is 13.7. The van der Waals surface area contributed by atoms with Crippen LogP contribution in [0.1, 0.15) is 18.6 Å². The van der Waals surface area contributed by atoms with Crippen molar-refractivity contribution in [3.05, 3.63) is 24.2 Å². The third kappa shape index (κ3) is 6.11. The highest BCUT2D eigenvalue weighted by Gasteiger charge is 2.23.